The number of carbonyl (C=O) groups is 14. The SMILES string of the molecule is CCCC[C@@H]1NC(=O)c2cc3cc(c2)C(=O)NC[C@@H](C(=O)N[C@@H](CCCCNC(F)(I)I)C(N)=O)NC(=O)CNC(=O)CNC(=O)CNC(=O)[C@@H](Cc2cnc[nH]2)NC(=O)CNC(=O)[C@H](CCCCNC3=O)NC(=O)[C@@H](CO)NC(=O)[C@H](Cc2ccc(O)cc2)NC1=O. The molecule has 33 nitrogen and oxygen atoms in total. The van der Waals surface area contributed by atoms with Crippen molar-refractivity contribution in [3.63, 3.8) is 0 Å². The quantitative estimate of drug-likeness (QED) is 0.0263. The summed E-state index contributed by atoms with van der Waals surface area (Å²) in [4.78, 5) is 199. The van der Waals surface area contributed by atoms with E-state index >= 15 is 0 Å². The van der Waals surface area contributed by atoms with Gasteiger partial charge < -0.3 is 90.0 Å². The molecule has 3 heterocycles. The molecule has 36 heteroatoms. The van der Waals surface area contributed by atoms with E-state index in [0.29, 0.717) is 30.5 Å². The lowest BCUT2D eigenvalue weighted by atomic mass is 10.0. The number of nitrogens with two attached hydrogens (primary N) is 1. The topological polar surface area (TPSA) is 503 Å². The predicted octanol–water partition coefficient (Wildman–Crippen LogP) is -4.39. The van der Waals surface area contributed by atoms with E-state index in [9.17, 15) is 81.7 Å². The van der Waals surface area contributed by atoms with Gasteiger partial charge in [0.05, 0.1) is 39.1 Å². The van der Waals surface area contributed by atoms with Crippen LogP contribution in [0.4, 0.5) is 4.39 Å². The van der Waals surface area contributed by atoms with Crippen molar-refractivity contribution in [1.29, 1.82) is 0 Å². The van der Waals surface area contributed by atoms with Gasteiger partial charge in [-0.25, -0.2) is 9.37 Å². The first kappa shape index (κ1) is 75.1. The number of carbonyl (C=O) groups excluding carboxylic acids is 14. The molecule has 2 aromatic carbocycles. The standard InChI is InChI=1S/C57H76FI2N17O16/c1-2-3-8-38-53(90)76-39(17-30-11-13-35(79)14-12-30)54(91)77-42(28-78)56(93)75-37-10-4-6-15-63-48(85)31-18-32(20-33(19-31)50(87)74-38)49(86)66-23-41(55(92)73-36(47(61)84)9-5-7-16-70-57(58,59)60)72-45(82)26-65-43(80)24-64-44(81)25-67-52(89)40(21-34-22-62-29-69-34)71-46(83)27-68-51(37)88/h11-14,18-20,22,29,36-42,70,78-79H,2-10,15-17,21,23-28H2,1H3,(H2,61,84)(H,62,69)(H,63,85)(H,64,81)(H,65,80)(H,66,86)(H,67,89)(H,68,88)(H,71,83)(H,72,82)(H,73,92)(H,74,87)(H,75,93)(H,76,90)(H,77,91)/t36-,37-,38-,39-,40+,41-,42+/m0/s1. The summed E-state index contributed by atoms with van der Waals surface area (Å²) in [6.07, 6.45) is 3.35. The third-order valence-corrected chi connectivity index (χ3v) is 15.0. The zero-order valence-corrected chi connectivity index (χ0v) is 54.8. The van der Waals surface area contributed by atoms with Crippen molar-refractivity contribution >= 4 is 128 Å². The predicted molar refractivity (Wildman–Crippen MR) is 343 cm³/mol. The number of hydrogen-bond acceptors (Lipinski definition) is 18. The number of phenols is 1. The summed E-state index contributed by atoms with van der Waals surface area (Å²) >= 11 is 3.07. The maximum atomic E-state index is 14.4. The summed E-state index contributed by atoms with van der Waals surface area (Å²) in [6, 6.07) is -2.05. The number of unbranched alkanes of at least 4 members (excludes halogenated alkanes) is 2. The Kier molecular flexibility index (Phi) is 30.5. The number of nitrogens with one attached hydrogen (secondary N) is 15. The molecule has 19 N–H and O–H groups in total. The molecule has 0 radical (unpaired) electrons. The number of primary amides is 1. The molecule has 1 aromatic heterocycles. The van der Waals surface area contributed by atoms with E-state index in [0.717, 1.165) is 18.2 Å². The molecular formula is C57H76FI2N17O16. The number of alkyl halides is 3. The lowest BCUT2D eigenvalue weighted by Gasteiger charge is -2.26. The number of imidazole rings is 1. The minimum Gasteiger partial charge on any atom is -0.508 e. The number of fused-ring (bicyclic) bond motifs is 8. The smallest absolute Gasteiger partial charge is 0.262 e. The number of phenolic OH excluding ortho intramolecular Hbond substituents is 1. The third-order valence-electron chi connectivity index (χ3n) is 14.2. The molecule has 5 rings (SSSR count). The lowest BCUT2D eigenvalue weighted by Crippen LogP contribution is -2.59. The number of rotatable bonds is 17. The largest absolute Gasteiger partial charge is 0.508 e. The molecule has 2 aliphatic heterocycles. The van der Waals surface area contributed by atoms with E-state index in [1.54, 1.807) is 6.92 Å². The average molecular weight is 1530 g/mol. The average Bonchev–Trinajstić information content (AvgIpc) is 1.23. The van der Waals surface area contributed by atoms with Crippen LogP contribution in [-0.4, -0.2) is 199 Å². The van der Waals surface area contributed by atoms with Gasteiger partial charge in [-0.05, 0) is 133 Å². The zero-order chi connectivity index (χ0) is 68.2. The second kappa shape index (κ2) is 37.8. The number of amides is 14. The molecule has 7 atom stereocenters. The van der Waals surface area contributed by atoms with Crippen molar-refractivity contribution in [2.75, 3.05) is 52.4 Å². The minimum absolute atomic E-state index is 0.0385. The van der Waals surface area contributed by atoms with E-state index in [4.69, 9.17) is 5.73 Å². The highest BCUT2D eigenvalue weighted by atomic mass is 127. The fourth-order valence-corrected chi connectivity index (χ4v) is 9.76. The Morgan fingerprint density at radius 2 is 1.24 bits per heavy atom. The lowest BCUT2D eigenvalue weighted by molar-refractivity contribution is -0.135. The third kappa shape index (κ3) is 26.5. The monoisotopic (exact) mass is 1530 g/mol. The molecule has 506 valence electrons. The number of aliphatic hydroxyl groups is 1. The van der Waals surface area contributed by atoms with E-state index in [1.165, 1.54) is 82.0 Å². The molecule has 4 bridgehead atoms. The summed E-state index contributed by atoms with van der Waals surface area (Å²) in [5.74, 6) is -13.9. The van der Waals surface area contributed by atoms with Gasteiger partial charge in [0.2, 0.25) is 65.0 Å². The first-order valence-electron chi connectivity index (χ1n) is 29.6. The summed E-state index contributed by atoms with van der Waals surface area (Å²) in [7, 11) is 0. The highest BCUT2D eigenvalue weighted by Crippen LogP contribution is 2.25. The van der Waals surface area contributed by atoms with Crippen LogP contribution in [0.3, 0.4) is 0 Å². The Morgan fingerprint density at radius 3 is 1.87 bits per heavy atom. The van der Waals surface area contributed by atoms with Gasteiger partial charge >= 0.3 is 0 Å². The number of aromatic amines is 1. The van der Waals surface area contributed by atoms with Crippen LogP contribution >= 0.6 is 45.2 Å². The maximum Gasteiger partial charge on any atom is 0.262 e. The number of benzene rings is 2. The fraction of sp³-hybridized carbons (Fsp3) is 0.491. The Bertz CT molecular complexity index is 3180. The van der Waals surface area contributed by atoms with Crippen molar-refractivity contribution in [3.8, 4) is 5.75 Å². The number of aliphatic hydroxyl groups excluding tert-OH is 1. The normalized spacial score (nSPS) is 21.6. The van der Waals surface area contributed by atoms with Crippen molar-refractivity contribution in [2.45, 2.75) is 122 Å². The van der Waals surface area contributed by atoms with Crippen LogP contribution in [0.15, 0.2) is 55.0 Å². The molecule has 0 fully saturated rings. The highest BCUT2D eigenvalue weighted by molar-refractivity contribution is 14.2. The molecule has 14 amide bonds. The van der Waals surface area contributed by atoms with Gasteiger partial charge in [-0.15, -0.1) is 0 Å². The molecule has 93 heavy (non-hydrogen) atoms. The van der Waals surface area contributed by atoms with Crippen LogP contribution in [0.25, 0.3) is 0 Å². The van der Waals surface area contributed by atoms with E-state index < -0.39 is 166 Å². The maximum absolute atomic E-state index is 14.4. The van der Waals surface area contributed by atoms with Crippen molar-refractivity contribution in [1.82, 2.24) is 84.4 Å². The number of aromatic nitrogens is 2. The van der Waals surface area contributed by atoms with Gasteiger partial charge in [0, 0.05) is 54.5 Å². The Balaban J connectivity index is 1.57. The highest BCUT2D eigenvalue weighted by Gasteiger charge is 2.34. The fourth-order valence-electron chi connectivity index (χ4n) is 9.22. The second-order valence-corrected chi connectivity index (χ2v) is 26.6. The van der Waals surface area contributed by atoms with E-state index in [2.05, 4.69) is 84.4 Å². The molecular weight excluding hydrogens is 1450 g/mol. The molecule has 3 aromatic rings. The molecule has 2 aliphatic rings. The van der Waals surface area contributed by atoms with Crippen LogP contribution in [0.5, 0.6) is 5.75 Å². The Hall–Kier alpha value is -8.66. The molecule has 0 saturated heterocycles. The van der Waals surface area contributed by atoms with Gasteiger partial charge in [-0.2, -0.15) is 0 Å². The van der Waals surface area contributed by atoms with Gasteiger partial charge in [0.15, 0.2) is 0 Å². The van der Waals surface area contributed by atoms with Gasteiger partial charge in [0.1, 0.15) is 48.0 Å². The van der Waals surface area contributed by atoms with Crippen LogP contribution in [0, 0.1) is 0 Å². The van der Waals surface area contributed by atoms with Gasteiger partial charge in [-0.3, -0.25) is 72.4 Å². The molecule has 0 aliphatic carbocycles. The second-order valence-electron chi connectivity index (χ2n) is 21.6. The van der Waals surface area contributed by atoms with Gasteiger partial charge in [0.25, 0.3) is 19.5 Å². The zero-order valence-electron chi connectivity index (χ0n) is 50.4. The van der Waals surface area contributed by atoms with Crippen LogP contribution < -0.4 is 80.2 Å². The summed E-state index contributed by atoms with van der Waals surface area (Å²) in [5.41, 5.74) is 5.35. The number of halogens is 3. The number of aromatic hydroxyl groups is 1. The Morgan fingerprint density at radius 1 is 0.656 bits per heavy atom. The summed E-state index contributed by atoms with van der Waals surface area (Å²) < 4.78 is 12.3. The van der Waals surface area contributed by atoms with Crippen LogP contribution in [0.2, 0.25) is 0 Å². The summed E-state index contributed by atoms with van der Waals surface area (Å²) in [6.45, 7) is -3.13. The molecule has 0 saturated carbocycles. The molecule has 0 unspecified atom stereocenters. The van der Waals surface area contributed by atoms with E-state index in [1.807, 2.05) is 0 Å². The molecule has 0 spiro atoms. The van der Waals surface area contributed by atoms with E-state index in [-0.39, 0.29) is 86.9 Å². The van der Waals surface area contributed by atoms with Crippen molar-refractivity contribution in [3.05, 3.63) is 82.9 Å². The van der Waals surface area contributed by atoms with Crippen LogP contribution in [0.1, 0.15) is 107 Å². The minimum atomic E-state index is -1.78. The first-order chi connectivity index (χ1) is 44.2. The summed E-state index contributed by atoms with van der Waals surface area (Å²) in [5, 5.41) is 54.9. The first-order valence-corrected chi connectivity index (χ1v) is 31.8. The Labute approximate surface area is 559 Å². The number of nitrogens with zero attached hydrogens (tertiary/aromatic N) is 1. The number of hydrogen-bond donors (Lipinski definition) is 18. The van der Waals surface area contributed by atoms with Gasteiger partial charge in [-0.1, -0.05) is 31.9 Å². The van der Waals surface area contributed by atoms with Crippen molar-refractivity contribution < 1.29 is 81.7 Å². The van der Waals surface area contributed by atoms with Crippen LogP contribution in [-0.2, 0) is 65.6 Å². The number of H-pyrrole nitrogens is 1. The van der Waals surface area contributed by atoms with Crippen molar-refractivity contribution in [2.24, 2.45) is 5.73 Å².